The third-order valence-electron chi connectivity index (χ3n) is 6.18. The summed E-state index contributed by atoms with van der Waals surface area (Å²) in [6.07, 6.45) is 5.34. The number of aromatic nitrogens is 4. The summed E-state index contributed by atoms with van der Waals surface area (Å²) >= 11 is 3.48. The first kappa shape index (κ1) is 18.4. The third kappa shape index (κ3) is 3.03. The van der Waals surface area contributed by atoms with Crippen molar-refractivity contribution >= 4 is 38.7 Å². The summed E-state index contributed by atoms with van der Waals surface area (Å²) in [5, 5.41) is 7.50. The highest BCUT2D eigenvalue weighted by atomic mass is 32.1. The van der Waals surface area contributed by atoms with Gasteiger partial charge in [0, 0.05) is 31.1 Å². The van der Waals surface area contributed by atoms with Crippen molar-refractivity contribution in [2.24, 2.45) is 0 Å². The Kier molecular flexibility index (Phi) is 4.54. The molecule has 0 saturated carbocycles. The first-order chi connectivity index (χ1) is 14.8. The smallest absolute Gasteiger partial charge is 0.244 e. The molecule has 1 fully saturated rings. The van der Waals surface area contributed by atoms with Crippen molar-refractivity contribution in [1.82, 2.24) is 25.0 Å². The van der Waals surface area contributed by atoms with E-state index in [4.69, 9.17) is 9.51 Å². The maximum absolute atomic E-state index is 5.58. The number of piperazine rings is 1. The van der Waals surface area contributed by atoms with Gasteiger partial charge in [-0.15, -0.1) is 22.7 Å². The fourth-order valence-electron chi connectivity index (χ4n) is 4.54. The molecule has 0 N–H and O–H groups in total. The van der Waals surface area contributed by atoms with Crippen molar-refractivity contribution in [3.63, 3.8) is 0 Å². The lowest BCUT2D eigenvalue weighted by Crippen LogP contribution is -2.47. The SMILES string of the molecule is CC(c1nc(-c2cccs2)no1)N1CCN(c2ncnc3sc4c(c23)CCC4)CC1. The van der Waals surface area contributed by atoms with Crippen LogP contribution in [0.1, 0.15) is 35.7 Å². The van der Waals surface area contributed by atoms with Gasteiger partial charge in [0.15, 0.2) is 0 Å². The summed E-state index contributed by atoms with van der Waals surface area (Å²) in [6, 6.07) is 4.13. The lowest BCUT2D eigenvalue weighted by atomic mass is 10.1. The highest BCUT2D eigenvalue weighted by Gasteiger charge is 2.29. The predicted molar refractivity (Wildman–Crippen MR) is 119 cm³/mol. The van der Waals surface area contributed by atoms with Crippen LogP contribution in [0, 0.1) is 0 Å². The van der Waals surface area contributed by atoms with E-state index in [2.05, 4.69) is 31.8 Å². The zero-order valence-electron chi connectivity index (χ0n) is 16.7. The molecule has 0 aromatic carbocycles. The van der Waals surface area contributed by atoms with Gasteiger partial charge >= 0.3 is 0 Å². The Hall–Kier alpha value is -2.36. The highest BCUT2D eigenvalue weighted by Crippen LogP contribution is 2.40. The molecular weight excluding hydrogens is 416 g/mol. The van der Waals surface area contributed by atoms with E-state index < -0.39 is 0 Å². The lowest BCUT2D eigenvalue weighted by Gasteiger charge is -2.37. The van der Waals surface area contributed by atoms with Crippen LogP contribution in [0.2, 0.25) is 0 Å². The molecular formula is C21H22N6OS2. The molecule has 0 bridgehead atoms. The van der Waals surface area contributed by atoms with Crippen LogP contribution >= 0.6 is 22.7 Å². The van der Waals surface area contributed by atoms with Crippen LogP contribution in [0.5, 0.6) is 0 Å². The molecule has 9 heteroatoms. The normalized spacial score (nSPS) is 18.2. The van der Waals surface area contributed by atoms with Crippen LogP contribution in [0.25, 0.3) is 20.9 Å². The van der Waals surface area contributed by atoms with Crippen molar-refractivity contribution in [2.75, 3.05) is 31.1 Å². The molecule has 6 rings (SSSR count). The van der Waals surface area contributed by atoms with Crippen LogP contribution in [-0.2, 0) is 12.8 Å². The fourth-order valence-corrected chi connectivity index (χ4v) is 6.41. The second kappa shape index (κ2) is 7.40. The van der Waals surface area contributed by atoms with E-state index in [9.17, 15) is 0 Å². The van der Waals surface area contributed by atoms with Crippen molar-refractivity contribution in [2.45, 2.75) is 32.2 Å². The quantitative estimate of drug-likeness (QED) is 0.473. The Morgan fingerprint density at radius 1 is 1.13 bits per heavy atom. The average Bonchev–Trinajstić information content (AvgIpc) is 3.56. The minimum atomic E-state index is 0.101. The van der Waals surface area contributed by atoms with E-state index in [-0.39, 0.29) is 6.04 Å². The van der Waals surface area contributed by atoms with Gasteiger partial charge in [0.05, 0.1) is 16.3 Å². The van der Waals surface area contributed by atoms with E-state index in [0.717, 1.165) is 48.1 Å². The Morgan fingerprint density at radius 3 is 2.87 bits per heavy atom. The molecule has 0 radical (unpaired) electrons. The fraction of sp³-hybridized carbons (Fsp3) is 0.429. The van der Waals surface area contributed by atoms with Crippen molar-refractivity contribution < 1.29 is 4.52 Å². The first-order valence-electron chi connectivity index (χ1n) is 10.4. The van der Waals surface area contributed by atoms with Crippen LogP contribution in [-0.4, -0.2) is 51.2 Å². The zero-order valence-corrected chi connectivity index (χ0v) is 18.4. The highest BCUT2D eigenvalue weighted by molar-refractivity contribution is 7.19. The molecule has 1 atom stereocenters. The van der Waals surface area contributed by atoms with Gasteiger partial charge in [-0.2, -0.15) is 4.98 Å². The average molecular weight is 439 g/mol. The van der Waals surface area contributed by atoms with E-state index in [1.54, 1.807) is 17.7 Å². The summed E-state index contributed by atoms with van der Waals surface area (Å²) < 4.78 is 5.58. The number of hydrogen-bond acceptors (Lipinski definition) is 9. The number of anilines is 1. The molecule has 4 aromatic rings. The maximum Gasteiger partial charge on any atom is 0.244 e. The van der Waals surface area contributed by atoms with Gasteiger partial charge in [-0.3, -0.25) is 4.90 Å². The summed E-state index contributed by atoms with van der Waals surface area (Å²) in [4.78, 5) is 22.4. The van der Waals surface area contributed by atoms with Crippen LogP contribution in [0.4, 0.5) is 5.82 Å². The number of thiophene rings is 2. The standard InChI is InChI=1S/C21H22N6OS2/c1-13(20-24-18(25-28-20)16-6-3-11-29-16)26-7-9-27(10-8-26)19-17-14-4-2-5-15(14)30-21(17)23-12-22-19/h3,6,11-13H,2,4-5,7-10H2,1H3. The Morgan fingerprint density at radius 2 is 2.03 bits per heavy atom. The molecule has 1 aliphatic heterocycles. The minimum absolute atomic E-state index is 0.101. The maximum atomic E-state index is 5.58. The summed E-state index contributed by atoms with van der Waals surface area (Å²) in [6.45, 7) is 5.90. The molecule has 1 saturated heterocycles. The van der Waals surface area contributed by atoms with Crippen LogP contribution in [0.15, 0.2) is 28.4 Å². The van der Waals surface area contributed by atoms with E-state index in [0.29, 0.717) is 11.7 Å². The molecule has 7 nitrogen and oxygen atoms in total. The predicted octanol–water partition coefficient (Wildman–Crippen LogP) is 4.17. The minimum Gasteiger partial charge on any atom is -0.353 e. The third-order valence-corrected chi connectivity index (χ3v) is 8.25. The van der Waals surface area contributed by atoms with E-state index in [1.807, 2.05) is 28.8 Å². The topological polar surface area (TPSA) is 71.2 Å². The molecule has 30 heavy (non-hydrogen) atoms. The van der Waals surface area contributed by atoms with E-state index >= 15 is 0 Å². The molecule has 2 aliphatic rings. The number of aryl methyl sites for hydroxylation is 2. The number of nitrogens with zero attached hydrogens (tertiary/aromatic N) is 6. The molecule has 5 heterocycles. The van der Waals surface area contributed by atoms with Gasteiger partial charge in [0.25, 0.3) is 0 Å². The number of rotatable bonds is 4. The van der Waals surface area contributed by atoms with Crippen molar-refractivity contribution in [1.29, 1.82) is 0 Å². The second-order valence-corrected chi connectivity index (χ2v) is 9.90. The van der Waals surface area contributed by atoms with Gasteiger partial charge in [-0.1, -0.05) is 11.2 Å². The van der Waals surface area contributed by atoms with Gasteiger partial charge < -0.3 is 9.42 Å². The summed E-state index contributed by atoms with van der Waals surface area (Å²) in [5.74, 6) is 2.48. The Balaban J connectivity index is 1.19. The zero-order chi connectivity index (χ0) is 20.1. The Labute approximate surface area is 182 Å². The number of hydrogen-bond donors (Lipinski definition) is 0. The van der Waals surface area contributed by atoms with Gasteiger partial charge in [-0.25, -0.2) is 9.97 Å². The largest absolute Gasteiger partial charge is 0.353 e. The molecule has 0 amide bonds. The first-order valence-corrected chi connectivity index (χ1v) is 12.1. The molecule has 1 unspecified atom stereocenters. The van der Waals surface area contributed by atoms with Crippen LogP contribution in [0.3, 0.4) is 0 Å². The van der Waals surface area contributed by atoms with E-state index in [1.165, 1.54) is 28.7 Å². The Bertz CT molecular complexity index is 1180. The molecule has 4 aromatic heterocycles. The molecule has 154 valence electrons. The van der Waals surface area contributed by atoms with Crippen LogP contribution < -0.4 is 4.90 Å². The monoisotopic (exact) mass is 438 g/mol. The van der Waals surface area contributed by atoms with Crippen molar-refractivity contribution in [3.8, 4) is 10.7 Å². The number of fused-ring (bicyclic) bond motifs is 3. The van der Waals surface area contributed by atoms with Gasteiger partial charge in [-0.05, 0) is 43.2 Å². The van der Waals surface area contributed by atoms with Gasteiger partial charge in [0.2, 0.25) is 11.7 Å². The van der Waals surface area contributed by atoms with Crippen molar-refractivity contribution in [3.05, 3.63) is 40.2 Å². The molecule has 0 spiro atoms. The van der Waals surface area contributed by atoms with Gasteiger partial charge in [0.1, 0.15) is 17.0 Å². The summed E-state index contributed by atoms with van der Waals surface area (Å²) in [7, 11) is 0. The second-order valence-electron chi connectivity index (χ2n) is 7.87. The molecule has 1 aliphatic carbocycles. The summed E-state index contributed by atoms with van der Waals surface area (Å²) in [5.41, 5.74) is 1.49. The lowest BCUT2D eigenvalue weighted by molar-refractivity contribution is 0.164.